The Bertz CT molecular complexity index is 185. The van der Waals surface area contributed by atoms with E-state index >= 15 is 0 Å². The molecule has 0 aromatic rings. The minimum Gasteiger partial charge on any atom is -0.233 e. The van der Waals surface area contributed by atoms with Gasteiger partial charge in [-0.25, -0.2) is 4.79 Å². The number of hydrogen-bond acceptors (Lipinski definition) is 1. The summed E-state index contributed by atoms with van der Waals surface area (Å²) in [6.45, 7) is 0. The van der Waals surface area contributed by atoms with Gasteiger partial charge in [-0.15, -0.1) is 0 Å². The van der Waals surface area contributed by atoms with E-state index in [2.05, 4.69) is 0 Å². The van der Waals surface area contributed by atoms with Crippen LogP contribution in [-0.2, 0) is 21.6 Å². The predicted molar refractivity (Wildman–Crippen MR) is 32.1 cm³/mol. The second-order valence-corrected chi connectivity index (χ2v) is 1.64. The third kappa shape index (κ3) is 2.47. The maximum absolute atomic E-state index is 9.71. The zero-order chi connectivity index (χ0) is 5.82. The average Bonchev–Trinajstić information content (AvgIpc) is 2.19. The maximum Gasteiger partial charge on any atom is 0.124 e. The predicted octanol–water partition coefficient (Wildman–Crippen LogP) is 1.26. The zero-order valence-corrected chi connectivity index (χ0v) is 5.80. The van der Waals surface area contributed by atoms with Crippen LogP contribution in [0.3, 0.4) is 0 Å². The van der Waals surface area contributed by atoms with E-state index in [1.165, 1.54) is 6.08 Å². The first-order valence-electron chi connectivity index (χ1n) is 2.50. The maximum atomic E-state index is 9.71. The Morgan fingerprint density at radius 1 is 1.67 bits per heavy atom. The second-order valence-electron chi connectivity index (χ2n) is 1.64. The van der Waals surface area contributed by atoms with Gasteiger partial charge in [0.2, 0.25) is 0 Å². The van der Waals surface area contributed by atoms with Crippen LogP contribution in [-0.4, -0.2) is 5.94 Å². The fourth-order valence-corrected chi connectivity index (χ4v) is 0.647. The van der Waals surface area contributed by atoms with Crippen LogP contribution in [0.1, 0.15) is 6.42 Å². The Kier molecular flexibility index (Phi) is 4.06. The fraction of sp³-hybridized carbons (Fsp3) is 0.143. The van der Waals surface area contributed by atoms with E-state index in [0.29, 0.717) is 0 Å². The number of hydrogen-bond donors (Lipinski definition) is 0. The Hall–Kier alpha value is -0.564. The molecule has 1 radical (unpaired) electrons. The van der Waals surface area contributed by atoms with Crippen molar-refractivity contribution in [3.63, 3.8) is 0 Å². The van der Waals surface area contributed by atoms with E-state index in [4.69, 9.17) is 0 Å². The van der Waals surface area contributed by atoms with Crippen LogP contribution >= 0.6 is 0 Å². The molecule has 0 aliphatic heterocycles. The minimum absolute atomic E-state index is 0. The zero-order valence-electron chi connectivity index (χ0n) is 4.76. The molecule has 0 spiro atoms. The van der Waals surface area contributed by atoms with Gasteiger partial charge >= 0.3 is 0 Å². The molecule has 0 aromatic carbocycles. The molecule has 0 atom stereocenters. The monoisotopic (exact) mass is 165 g/mol. The van der Waals surface area contributed by atoms with Crippen LogP contribution in [0.4, 0.5) is 0 Å². The first-order chi connectivity index (χ1) is 3.93. The van der Waals surface area contributed by atoms with Gasteiger partial charge in [0.15, 0.2) is 0 Å². The largest absolute Gasteiger partial charge is 0.233 e. The molecule has 1 aliphatic carbocycles. The van der Waals surface area contributed by atoms with Gasteiger partial charge in [-0.05, 0) is 12.0 Å². The molecule has 0 heterocycles. The summed E-state index contributed by atoms with van der Waals surface area (Å²) in [6, 6.07) is 0. The summed E-state index contributed by atoms with van der Waals surface area (Å²) >= 11 is 0. The van der Waals surface area contributed by atoms with Crippen LogP contribution in [0.25, 0.3) is 0 Å². The topological polar surface area (TPSA) is 17.1 Å². The van der Waals surface area contributed by atoms with Crippen LogP contribution in [0, 0.1) is 0 Å². The van der Waals surface area contributed by atoms with Gasteiger partial charge < -0.3 is 0 Å². The summed E-state index contributed by atoms with van der Waals surface area (Å²) in [5.41, 5.74) is 1.04. The molecule has 0 saturated carbocycles. The number of rotatable bonds is 1. The first-order valence-corrected chi connectivity index (χ1v) is 2.50. The van der Waals surface area contributed by atoms with Crippen molar-refractivity contribution in [3.05, 3.63) is 29.9 Å². The fourth-order valence-electron chi connectivity index (χ4n) is 0.647. The molecule has 1 nitrogen and oxygen atoms in total. The van der Waals surface area contributed by atoms with Gasteiger partial charge in [-0.2, -0.15) is 0 Å². The molecule has 0 saturated heterocycles. The van der Waals surface area contributed by atoms with E-state index in [-0.39, 0.29) is 16.8 Å². The normalized spacial score (nSPS) is 13.6. The molecule has 49 valence electrons. The Morgan fingerprint density at radius 3 is 2.89 bits per heavy atom. The van der Waals surface area contributed by atoms with Crippen molar-refractivity contribution < 1.29 is 21.6 Å². The number of carbonyl (C=O) groups excluding carboxylic acids is 1. The van der Waals surface area contributed by atoms with Gasteiger partial charge in [0.1, 0.15) is 5.94 Å². The van der Waals surface area contributed by atoms with Crippen molar-refractivity contribution >= 4 is 5.94 Å². The van der Waals surface area contributed by atoms with Gasteiger partial charge in [-0.3, -0.25) is 0 Å². The summed E-state index contributed by atoms with van der Waals surface area (Å²) in [4.78, 5) is 9.71. The molecule has 1 aliphatic rings. The summed E-state index contributed by atoms with van der Waals surface area (Å²) in [5, 5.41) is 0. The molecule has 1 rings (SSSR count). The Balaban J connectivity index is 0.000000640. The summed E-state index contributed by atoms with van der Waals surface area (Å²) in [7, 11) is 0. The van der Waals surface area contributed by atoms with E-state index in [9.17, 15) is 4.79 Å². The van der Waals surface area contributed by atoms with Crippen LogP contribution < -0.4 is 0 Å². The van der Waals surface area contributed by atoms with Crippen LogP contribution in [0.15, 0.2) is 29.9 Å². The smallest absolute Gasteiger partial charge is 0.124 e. The molecule has 9 heavy (non-hydrogen) atoms. The minimum atomic E-state index is 0. The van der Waals surface area contributed by atoms with E-state index in [1.54, 1.807) is 5.94 Å². The molecule has 0 bridgehead atoms. The molecule has 0 N–H and O–H groups in total. The van der Waals surface area contributed by atoms with Crippen LogP contribution in [0.5, 0.6) is 0 Å². The van der Waals surface area contributed by atoms with Crippen molar-refractivity contribution in [3.8, 4) is 0 Å². The van der Waals surface area contributed by atoms with Crippen LogP contribution in [0.2, 0.25) is 0 Å². The molecule has 0 fully saturated rings. The van der Waals surface area contributed by atoms with Crippen molar-refractivity contribution in [2.45, 2.75) is 6.42 Å². The van der Waals surface area contributed by atoms with Gasteiger partial charge in [0, 0.05) is 22.9 Å². The molecule has 0 amide bonds. The standard InChI is InChI=1S/C7H6O.Co/c8-6-5-7-3-1-2-4-7;/h1-3,5H,4H2;. The quantitative estimate of drug-likeness (QED) is 0.534. The second kappa shape index (κ2) is 4.33. The molecule has 0 unspecified atom stereocenters. The third-order valence-electron chi connectivity index (χ3n) is 1.04. The van der Waals surface area contributed by atoms with Crippen molar-refractivity contribution in [1.82, 2.24) is 0 Å². The number of allylic oxidation sites excluding steroid dienone is 5. The van der Waals surface area contributed by atoms with E-state index < -0.39 is 0 Å². The summed E-state index contributed by atoms with van der Waals surface area (Å²) < 4.78 is 0. The van der Waals surface area contributed by atoms with Crippen molar-refractivity contribution in [2.75, 3.05) is 0 Å². The molecular weight excluding hydrogens is 159 g/mol. The Labute approximate surface area is 64.3 Å². The third-order valence-corrected chi connectivity index (χ3v) is 1.04. The molecule has 0 aromatic heterocycles. The van der Waals surface area contributed by atoms with Gasteiger partial charge in [0.05, 0.1) is 0 Å². The Morgan fingerprint density at radius 2 is 2.44 bits per heavy atom. The average molecular weight is 165 g/mol. The first kappa shape index (κ1) is 8.44. The van der Waals surface area contributed by atoms with Gasteiger partial charge in [-0.1, -0.05) is 18.2 Å². The van der Waals surface area contributed by atoms with Crippen molar-refractivity contribution in [2.24, 2.45) is 0 Å². The van der Waals surface area contributed by atoms with E-state index in [1.807, 2.05) is 18.2 Å². The van der Waals surface area contributed by atoms with E-state index in [0.717, 1.165) is 12.0 Å². The van der Waals surface area contributed by atoms with Crippen molar-refractivity contribution in [1.29, 1.82) is 0 Å². The molecule has 2 heteroatoms. The molecular formula is C7H6CoO. The summed E-state index contributed by atoms with van der Waals surface area (Å²) in [5.74, 6) is 1.73. The van der Waals surface area contributed by atoms with Gasteiger partial charge in [0.25, 0.3) is 0 Å². The SMILES string of the molecule is O=C=CC1=CC=CC1.[Co]. The summed E-state index contributed by atoms with van der Waals surface area (Å²) in [6.07, 6.45) is 8.19.